The van der Waals surface area contributed by atoms with Gasteiger partial charge in [0.25, 0.3) is 5.91 Å². The molecule has 0 radical (unpaired) electrons. The van der Waals surface area contributed by atoms with E-state index in [4.69, 9.17) is 27.9 Å². The van der Waals surface area contributed by atoms with Crippen molar-refractivity contribution in [2.24, 2.45) is 0 Å². The Morgan fingerprint density at radius 1 is 1.27 bits per heavy atom. The van der Waals surface area contributed by atoms with Crippen LogP contribution in [-0.4, -0.2) is 39.0 Å². The highest BCUT2D eigenvalue weighted by Crippen LogP contribution is 2.34. The zero-order valence-electron chi connectivity index (χ0n) is 13.9. The summed E-state index contributed by atoms with van der Waals surface area (Å²) >= 11 is 12.0. The Kier molecular flexibility index (Phi) is 5.07. The van der Waals surface area contributed by atoms with E-state index in [0.29, 0.717) is 35.7 Å². The second kappa shape index (κ2) is 7.13. The van der Waals surface area contributed by atoms with E-state index >= 15 is 0 Å². The molecule has 0 aliphatic carbocycles. The van der Waals surface area contributed by atoms with Gasteiger partial charge in [-0.2, -0.15) is 0 Å². The number of carbonyl (C=O) groups is 2. The molecule has 136 valence electrons. The number of hydrogen-bond donors (Lipinski definition) is 1. The van der Waals surface area contributed by atoms with Crippen LogP contribution >= 0.6 is 23.2 Å². The van der Waals surface area contributed by atoms with Crippen molar-refractivity contribution in [2.75, 3.05) is 6.54 Å². The second-order valence-electron chi connectivity index (χ2n) is 6.18. The van der Waals surface area contributed by atoms with Crippen LogP contribution in [0, 0.1) is 0 Å². The number of amides is 1. The van der Waals surface area contributed by atoms with Gasteiger partial charge in [-0.05, 0) is 38.0 Å². The first kappa shape index (κ1) is 18.5. The fourth-order valence-electron chi connectivity index (χ4n) is 2.91. The Morgan fingerprint density at radius 3 is 2.69 bits per heavy atom. The van der Waals surface area contributed by atoms with Gasteiger partial charge in [-0.1, -0.05) is 29.3 Å². The number of hydrogen-bond acceptors (Lipinski definition) is 4. The van der Waals surface area contributed by atoms with Crippen molar-refractivity contribution >= 4 is 35.1 Å². The lowest BCUT2D eigenvalue weighted by molar-refractivity contribution is -0.147. The van der Waals surface area contributed by atoms with Gasteiger partial charge in [0.1, 0.15) is 16.3 Å². The van der Waals surface area contributed by atoms with Crippen molar-refractivity contribution < 1.29 is 19.4 Å². The molecule has 2 aromatic rings. The van der Waals surface area contributed by atoms with Gasteiger partial charge in [-0.3, -0.25) is 4.79 Å². The van der Waals surface area contributed by atoms with E-state index in [0.717, 1.165) is 0 Å². The van der Waals surface area contributed by atoms with E-state index < -0.39 is 11.5 Å². The number of aliphatic carboxylic acids is 1. The van der Waals surface area contributed by atoms with Crippen molar-refractivity contribution in [2.45, 2.75) is 25.3 Å². The molecule has 1 saturated heterocycles. The molecule has 1 fully saturated rings. The second-order valence-corrected chi connectivity index (χ2v) is 6.96. The molecule has 1 unspecified atom stereocenters. The molecule has 1 aromatic heterocycles. The van der Waals surface area contributed by atoms with Crippen molar-refractivity contribution in [3.8, 4) is 11.6 Å². The summed E-state index contributed by atoms with van der Waals surface area (Å²) in [6.45, 7) is 1.96. The van der Waals surface area contributed by atoms with Gasteiger partial charge < -0.3 is 14.7 Å². The monoisotopic (exact) mass is 394 g/mol. The van der Waals surface area contributed by atoms with Crippen LogP contribution in [0.1, 0.15) is 30.1 Å². The number of likely N-dealkylation sites (tertiary alicyclic amines) is 1. The Balaban J connectivity index is 1.78. The van der Waals surface area contributed by atoms with Gasteiger partial charge in [0.05, 0.1) is 10.6 Å². The van der Waals surface area contributed by atoms with Gasteiger partial charge in [0.2, 0.25) is 5.88 Å². The van der Waals surface area contributed by atoms with E-state index in [1.165, 1.54) is 17.2 Å². The molecular formula is C18H16Cl2N2O4. The molecule has 2 heterocycles. The summed E-state index contributed by atoms with van der Waals surface area (Å²) < 4.78 is 5.58. The first-order chi connectivity index (χ1) is 12.3. The molecule has 1 atom stereocenters. The predicted octanol–water partition coefficient (Wildman–Crippen LogP) is 4.26. The number of benzene rings is 1. The van der Waals surface area contributed by atoms with E-state index in [1.807, 2.05) is 0 Å². The van der Waals surface area contributed by atoms with Crippen LogP contribution < -0.4 is 4.74 Å². The number of rotatable bonds is 4. The zero-order chi connectivity index (χ0) is 18.9. The number of ether oxygens (including phenoxy) is 1. The average molecular weight is 395 g/mol. The normalized spacial score (nSPS) is 19.4. The third kappa shape index (κ3) is 3.34. The summed E-state index contributed by atoms with van der Waals surface area (Å²) in [7, 11) is 0. The summed E-state index contributed by atoms with van der Waals surface area (Å²) in [6, 6.07) is 8.06. The van der Waals surface area contributed by atoms with Crippen molar-refractivity contribution in [1.29, 1.82) is 0 Å². The number of carboxylic acids is 1. The molecule has 1 aromatic carbocycles. The highest BCUT2D eigenvalue weighted by molar-refractivity contribution is 6.42. The Bertz CT molecular complexity index is 857. The number of halogens is 2. The van der Waals surface area contributed by atoms with Crippen LogP contribution in [0.5, 0.6) is 11.6 Å². The van der Waals surface area contributed by atoms with Crippen LogP contribution in [-0.2, 0) is 4.79 Å². The lowest BCUT2D eigenvalue weighted by Crippen LogP contribution is -2.50. The van der Waals surface area contributed by atoms with Crippen LogP contribution in [0.15, 0.2) is 36.5 Å². The molecule has 0 bridgehead atoms. The Hall–Kier alpha value is -2.31. The maximum atomic E-state index is 12.7. The number of nitrogens with zero attached hydrogens (tertiary/aromatic N) is 2. The number of aromatic nitrogens is 1. The van der Waals surface area contributed by atoms with Crippen LogP contribution in [0.4, 0.5) is 0 Å². The fraction of sp³-hybridized carbons (Fsp3) is 0.278. The van der Waals surface area contributed by atoms with Gasteiger partial charge in [0, 0.05) is 18.8 Å². The van der Waals surface area contributed by atoms with Gasteiger partial charge in [0.15, 0.2) is 0 Å². The summed E-state index contributed by atoms with van der Waals surface area (Å²) in [5.41, 5.74) is -0.899. The van der Waals surface area contributed by atoms with Crippen molar-refractivity contribution in [3.63, 3.8) is 0 Å². The van der Waals surface area contributed by atoms with Crippen LogP contribution in [0.2, 0.25) is 10.0 Å². The molecule has 3 rings (SSSR count). The largest absolute Gasteiger partial charge is 0.480 e. The molecule has 1 amide bonds. The van der Waals surface area contributed by atoms with E-state index in [-0.39, 0.29) is 16.8 Å². The summed E-state index contributed by atoms with van der Waals surface area (Å²) in [5, 5.41) is 10.1. The highest BCUT2D eigenvalue weighted by atomic mass is 35.5. The fourth-order valence-corrected chi connectivity index (χ4v) is 3.24. The lowest BCUT2D eigenvalue weighted by atomic mass is 9.99. The number of pyridine rings is 1. The molecule has 0 spiro atoms. The van der Waals surface area contributed by atoms with E-state index in [2.05, 4.69) is 4.98 Å². The minimum Gasteiger partial charge on any atom is -0.480 e. The standard InChI is InChI=1S/C18H16Cl2N2O4/c1-18(17(24)25)8-3-9-22(18)16(23)11-6-7-14(21-10-11)26-13-5-2-4-12(19)15(13)20/h2,4-7,10H,3,8-9H2,1H3,(H,24,25). The average Bonchev–Trinajstić information content (AvgIpc) is 3.02. The summed E-state index contributed by atoms with van der Waals surface area (Å²) in [5.74, 6) is -0.782. The Labute approximate surface area is 160 Å². The zero-order valence-corrected chi connectivity index (χ0v) is 15.4. The van der Waals surface area contributed by atoms with Crippen LogP contribution in [0.25, 0.3) is 0 Å². The smallest absolute Gasteiger partial charge is 0.329 e. The maximum Gasteiger partial charge on any atom is 0.329 e. The third-order valence-corrected chi connectivity index (χ3v) is 5.26. The Morgan fingerprint density at radius 2 is 2.04 bits per heavy atom. The first-order valence-corrected chi connectivity index (χ1v) is 8.72. The SMILES string of the molecule is CC1(C(=O)O)CCCN1C(=O)c1ccc(Oc2cccc(Cl)c2Cl)nc1. The minimum atomic E-state index is -1.19. The molecular weight excluding hydrogens is 379 g/mol. The lowest BCUT2D eigenvalue weighted by Gasteiger charge is -2.31. The van der Waals surface area contributed by atoms with Crippen LogP contribution in [0.3, 0.4) is 0 Å². The van der Waals surface area contributed by atoms with E-state index in [9.17, 15) is 14.7 Å². The molecule has 1 N–H and O–H groups in total. The van der Waals surface area contributed by atoms with Gasteiger partial charge in [-0.15, -0.1) is 0 Å². The van der Waals surface area contributed by atoms with Crippen molar-refractivity contribution in [1.82, 2.24) is 9.88 Å². The quantitative estimate of drug-likeness (QED) is 0.837. The number of carboxylic acid groups (broad SMARTS) is 1. The highest BCUT2D eigenvalue weighted by Gasteiger charge is 2.46. The molecule has 8 heteroatoms. The molecule has 26 heavy (non-hydrogen) atoms. The van der Waals surface area contributed by atoms with Gasteiger partial charge in [-0.25, -0.2) is 9.78 Å². The summed E-state index contributed by atoms with van der Waals surface area (Å²) in [6.07, 6.45) is 2.43. The molecule has 1 aliphatic rings. The third-order valence-electron chi connectivity index (χ3n) is 4.46. The maximum absolute atomic E-state index is 12.7. The van der Waals surface area contributed by atoms with Gasteiger partial charge >= 0.3 is 5.97 Å². The molecule has 1 aliphatic heterocycles. The predicted molar refractivity (Wildman–Crippen MR) is 97.1 cm³/mol. The van der Waals surface area contributed by atoms with E-state index in [1.54, 1.807) is 31.2 Å². The molecule has 6 nitrogen and oxygen atoms in total. The number of carbonyl (C=O) groups excluding carboxylic acids is 1. The minimum absolute atomic E-state index is 0.244. The topological polar surface area (TPSA) is 79.7 Å². The summed E-state index contributed by atoms with van der Waals surface area (Å²) in [4.78, 5) is 29.7. The molecule has 0 saturated carbocycles. The first-order valence-electron chi connectivity index (χ1n) is 7.96. The van der Waals surface area contributed by atoms with Crippen molar-refractivity contribution in [3.05, 3.63) is 52.1 Å².